The number of unbranched alkanes of at least 4 members (excludes halogenated alkanes) is 1. The number of aliphatic carboxylic acids is 1. The van der Waals surface area contributed by atoms with Gasteiger partial charge in [-0.3, -0.25) is 38.6 Å². The van der Waals surface area contributed by atoms with Crippen LogP contribution in [0.15, 0.2) is 65.7 Å². The van der Waals surface area contributed by atoms with Crippen molar-refractivity contribution in [3.8, 4) is 0 Å². The molecule has 20 nitrogen and oxygen atoms in total. The lowest BCUT2D eigenvalue weighted by atomic mass is 9.99. The Kier molecular flexibility index (Phi) is 25.1. The summed E-state index contributed by atoms with van der Waals surface area (Å²) in [6.07, 6.45) is 1.76. The molecule has 0 spiro atoms. The SMILES string of the molecule is CC[C@H](C)[C@H](NC(=O)CCNC(=O)[C@H](CCCCN)NC(=O)[C@H](Cc1ccccc1)NC(=O)[C@H](Cc1ccccc1)NC(=O)[C@H](CCCN=C(N)N)NC(=O)[C@@H](NC(C)=O)C(C)C)C(=O)O. The quantitative estimate of drug-likeness (QED) is 0.0278. The second-order valence-corrected chi connectivity index (χ2v) is 16.6. The summed E-state index contributed by atoms with van der Waals surface area (Å²) in [5, 5.41) is 28.4. The Labute approximate surface area is 387 Å². The number of amides is 7. The third-order valence-corrected chi connectivity index (χ3v) is 10.7. The number of carboxylic acid groups (broad SMARTS) is 1. The molecule has 0 aliphatic carbocycles. The molecule has 2 rings (SSSR count). The fourth-order valence-corrected chi connectivity index (χ4v) is 6.84. The Morgan fingerprint density at radius 1 is 0.621 bits per heavy atom. The molecule has 20 heteroatoms. The number of guanidine groups is 1. The standard InChI is InChI=1S/C46H71N11O9/c1-6-29(4)39(45(65)66)57-37(59)22-25-50-40(60)33(20-13-14-23-47)53-42(62)35(26-31-16-9-7-10-17-31)56-43(63)36(27-32-18-11-8-12-19-32)55-41(61)34(21-15-24-51-46(48)49)54-44(64)38(28(2)3)52-30(5)58/h7-12,16-19,28-29,33-36,38-39H,6,13-15,20-27,47H2,1-5H3,(H,50,60)(H,52,58)(H,53,62)(H,54,64)(H,55,61)(H,56,63)(H,57,59)(H,65,66)(H4,48,49,51)/t29-,33-,34-,35-,36-,38-,39-/m0/s1. The van der Waals surface area contributed by atoms with Crippen LogP contribution in [0.2, 0.25) is 0 Å². The number of aliphatic imine (C=N–C) groups is 1. The Bertz CT molecular complexity index is 1910. The van der Waals surface area contributed by atoms with E-state index in [0.717, 1.165) is 0 Å². The number of nitrogens with zero attached hydrogens (tertiary/aromatic N) is 1. The van der Waals surface area contributed by atoms with Crippen LogP contribution >= 0.6 is 0 Å². The third kappa shape index (κ3) is 21.0. The van der Waals surface area contributed by atoms with Crippen molar-refractivity contribution in [2.45, 2.75) is 129 Å². The first kappa shape index (κ1) is 55.6. The molecule has 0 radical (unpaired) electrons. The summed E-state index contributed by atoms with van der Waals surface area (Å²) in [7, 11) is 0. The summed E-state index contributed by atoms with van der Waals surface area (Å²) in [6, 6.07) is 10.8. The van der Waals surface area contributed by atoms with E-state index in [-0.39, 0.29) is 69.4 Å². The highest BCUT2D eigenvalue weighted by Crippen LogP contribution is 2.12. The van der Waals surface area contributed by atoms with Gasteiger partial charge in [-0.05, 0) is 61.6 Å². The average Bonchev–Trinajstić information content (AvgIpc) is 3.27. The van der Waals surface area contributed by atoms with Gasteiger partial charge in [0.2, 0.25) is 41.4 Å². The Balaban J connectivity index is 2.43. The monoisotopic (exact) mass is 922 g/mol. The zero-order valence-corrected chi connectivity index (χ0v) is 38.8. The van der Waals surface area contributed by atoms with Crippen LogP contribution in [0.1, 0.15) is 90.7 Å². The molecule has 7 amide bonds. The number of carboxylic acids is 1. The number of nitrogens with two attached hydrogens (primary N) is 3. The van der Waals surface area contributed by atoms with E-state index in [2.05, 4.69) is 42.2 Å². The normalized spacial score (nSPS) is 14.1. The van der Waals surface area contributed by atoms with Crippen LogP contribution in [-0.4, -0.2) is 114 Å². The van der Waals surface area contributed by atoms with Crippen molar-refractivity contribution in [2.75, 3.05) is 19.6 Å². The van der Waals surface area contributed by atoms with Crippen LogP contribution in [0.25, 0.3) is 0 Å². The first-order chi connectivity index (χ1) is 31.4. The maximum Gasteiger partial charge on any atom is 0.326 e. The summed E-state index contributed by atoms with van der Waals surface area (Å²) in [5.74, 6) is -6.38. The molecule has 2 aromatic carbocycles. The Morgan fingerprint density at radius 2 is 1.11 bits per heavy atom. The van der Waals surface area contributed by atoms with Crippen LogP contribution in [0.3, 0.4) is 0 Å². The Hall–Kier alpha value is -6.57. The molecule has 2 aromatic rings. The van der Waals surface area contributed by atoms with E-state index in [1.54, 1.807) is 81.4 Å². The zero-order valence-electron chi connectivity index (χ0n) is 38.8. The predicted octanol–water partition coefficient (Wildman–Crippen LogP) is -0.124. The van der Waals surface area contributed by atoms with Gasteiger partial charge < -0.3 is 59.5 Å². The van der Waals surface area contributed by atoms with Gasteiger partial charge in [0, 0.05) is 39.3 Å². The van der Waals surface area contributed by atoms with Gasteiger partial charge in [-0.2, -0.15) is 0 Å². The number of nitrogens with one attached hydrogen (secondary N) is 7. The fourth-order valence-electron chi connectivity index (χ4n) is 6.84. The average molecular weight is 922 g/mol. The first-order valence-electron chi connectivity index (χ1n) is 22.5. The van der Waals surface area contributed by atoms with E-state index in [1.165, 1.54) is 6.92 Å². The lowest BCUT2D eigenvalue weighted by molar-refractivity contribution is -0.143. The number of rotatable bonds is 30. The largest absolute Gasteiger partial charge is 0.480 e. The number of hydrogen-bond donors (Lipinski definition) is 11. The molecule has 66 heavy (non-hydrogen) atoms. The van der Waals surface area contributed by atoms with Crippen molar-refractivity contribution in [1.29, 1.82) is 0 Å². The van der Waals surface area contributed by atoms with Crippen molar-refractivity contribution >= 4 is 53.3 Å². The fraction of sp³-hybridized carbons (Fsp3) is 0.543. The van der Waals surface area contributed by atoms with Gasteiger partial charge in [-0.25, -0.2) is 4.79 Å². The lowest BCUT2D eigenvalue weighted by Crippen LogP contribution is -2.60. The molecule has 0 saturated heterocycles. The molecule has 0 aromatic heterocycles. The number of benzene rings is 2. The van der Waals surface area contributed by atoms with Crippen molar-refractivity contribution in [3.63, 3.8) is 0 Å². The molecule has 0 aliphatic heterocycles. The summed E-state index contributed by atoms with van der Waals surface area (Å²) in [5.41, 5.74) is 18.1. The van der Waals surface area contributed by atoms with Gasteiger partial charge in [0.15, 0.2) is 5.96 Å². The molecule has 0 aliphatic rings. The molecule has 7 atom stereocenters. The number of carbonyl (C=O) groups is 8. The van der Waals surface area contributed by atoms with Gasteiger partial charge in [-0.1, -0.05) is 94.8 Å². The highest BCUT2D eigenvalue weighted by Gasteiger charge is 2.33. The summed E-state index contributed by atoms with van der Waals surface area (Å²) >= 11 is 0. The van der Waals surface area contributed by atoms with Crippen LogP contribution in [0, 0.1) is 11.8 Å². The molecular formula is C46H71N11O9. The van der Waals surface area contributed by atoms with Crippen LogP contribution in [0.5, 0.6) is 0 Å². The zero-order chi connectivity index (χ0) is 49.2. The smallest absolute Gasteiger partial charge is 0.326 e. The summed E-state index contributed by atoms with van der Waals surface area (Å²) in [6.45, 7) is 8.59. The van der Waals surface area contributed by atoms with E-state index in [1.807, 2.05) is 6.92 Å². The van der Waals surface area contributed by atoms with Crippen molar-refractivity contribution in [2.24, 2.45) is 34.0 Å². The molecule has 0 heterocycles. The van der Waals surface area contributed by atoms with Gasteiger partial charge in [0.25, 0.3) is 0 Å². The van der Waals surface area contributed by atoms with Gasteiger partial charge in [0.1, 0.15) is 36.3 Å². The van der Waals surface area contributed by atoms with E-state index in [0.29, 0.717) is 36.9 Å². The van der Waals surface area contributed by atoms with E-state index >= 15 is 0 Å². The van der Waals surface area contributed by atoms with Crippen LogP contribution in [0.4, 0.5) is 0 Å². The van der Waals surface area contributed by atoms with Crippen molar-refractivity contribution in [3.05, 3.63) is 71.8 Å². The minimum absolute atomic E-state index is 0.00807. The second kappa shape index (κ2) is 29.8. The number of carbonyl (C=O) groups excluding carboxylic acids is 7. The van der Waals surface area contributed by atoms with E-state index < -0.39 is 83.6 Å². The van der Waals surface area contributed by atoms with Crippen LogP contribution < -0.4 is 54.4 Å². The molecule has 0 fully saturated rings. The Morgan fingerprint density at radius 3 is 1.58 bits per heavy atom. The van der Waals surface area contributed by atoms with Crippen LogP contribution in [-0.2, 0) is 51.2 Å². The van der Waals surface area contributed by atoms with Gasteiger partial charge >= 0.3 is 5.97 Å². The summed E-state index contributed by atoms with van der Waals surface area (Å²) in [4.78, 5) is 110. The van der Waals surface area contributed by atoms with Gasteiger partial charge in [-0.15, -0.1) is 0 Å². The molecule has 0 saturated carbocycles. The molecule has 364 valence electrons. The minimum atomic E-state index is -1.28. The molecule has 0 bridgehead atoms. The van der Waals surface area contributed by atoms with Crippen molar-refractivity contribution in [1.82, 2.24) is 37.2 Å². The highest BCUT2D eigenvalue weighted by molar-refractivity contribution is 5.96. The maximum atomic E-state index is 14.4. The highest BCUT2D eigenvalue weighted by atomic mass is 16.4. The third-order valence-electron chi connectivity index (χ3n) is 10.7. The molecule has 14 N–H and O–H groups in total. The van der Waals surface area contributed by atoms with Crippen molar-refractivity contribution < 1.29 is 43.5 Å². The summed E-state index contributed by atoms with van der Waals surface area (Å²) < 4.78 is 0. The minimum Gasteiger partial charge on any atom is -0.480 e. The predicted molar refractivity (Wildman–Crippen MR) is 250 cm³/mol. The van der Waals surface area contributed by atoms with Gasteiger partial charge in [0.05, 0.1) is 0 Å². The van der Waals surface area contributed by atoms with E-state index in [4.69, 9.17) is 17.2 Å². The van der Waals surface area contributed by atoms with E-state index in [9.17, 15) is 43.5 Å². The second-order valence-electron chi connectivity index (χ2n) is 16.6. The topological polar surface area (TPSA) is 331 Å². The lowest BCUT2D eigenvalue weighted by Gasteiger charge is -2.28. The number of hydrogen-bond acceptors (Lipinski definition) is 10. The maximum absolute atomic E-state index is 14.4. The molecule has 0 unspecified atom stereocenters. The molecular weight excluding hydrogens is 851 g/mol. The first-order valence-corrected chi connectivity index (χ1v) is 22.5.